The van der Waals surface area contributed by atoms with E-state index in [1.807, 2.05) is 0 Å². The van der Waals surface area contributed by atoms with E-state index in [1.165, 1.54) is 12.1 Å². The average Bonchev–Trinajstić information content (AvgIpc) is 2.82. The standard InChI is InChI=1S/C13H15N3O3/c14-7-13(4-1-5-13)12-15-11(16-19-12)8-2-3-9(17)10(18)6-8/h2-3,6,17-18H,1,4-5,7,14H2. The summed E-state index contributed by atoms with van der Waals surface area (Å²) in [6.45, 7) is 0.495. The van der Waals surface area contributed by atoms with Crippen molar-refractivity contribution in [2.24, 2.45) is 5.73 Å². The van der Waals surface area contributed by atoms with Gasteiger partial charge in [-0.15, -0.1) is 0 Å². The van der Waals surface area contributed by atoms with Crippen LogP contribution in [0.2, 0.25) is 0 Å². The molecule has 2 aromatic rings. The molecule has 0 spiro atoms. The van der Waals surface area contributed by atoms with Crippen LogP contribution in [-0.2, 0) is 5.41 Å². The molecule has 100 valence electrons. The number of benzene rings is 1. The number of phenols is 2. The van der Waals surface area contributed by atoms with Gasteiger partial charge in [-0.05, 0) is 31.0 Å². The molecule has 6 heteroatoms. The second-order valence-electron chi connectivity index (χ2n) is 4.96. The van der Waals surface area contributed by atoms with E-state index in [2.05, 4.69) is 10.1 Å². The zero-order chi connectivity index (χ0) is 13.5. The Labute approximate surface area is 109 Å². The van der Waals surface area contributed by atoms with Crippen molar-refractivity contribution in [2.45, 2.75) is 24.7 Å². The number of rotatable bonds is 3. The molecule has 19 heavy (non-hydrogen) atoms. The maximum Gasteiger partial charge on any atom is 0.234 e. The lowest BCUT2D eigenvalue weighted by Gasteiger charge is -2.36. The summed E-state index contributed by atoms with van der Waals surface area (Å²) in [5.74, 6) is 0.569. The Kier molecular flexibility index (Phi) is 2.67. The molecule has 0 saturated heterocycles. The lowest BCUT2D eigenvalue weighted by Crippen LogP contribution is -2.41. The summed E-state index contributed by atoms with van der Waals surface area (Å²) in [7, 11) is 0. The highest BCUT2D eigenvalue weighted by atomic mass is 16.5. The van der Waals surface area contributed by atoms with Gasteiger partial charge in [-0.3, -0.25) is 0 Å². The van der Waals surface area contributed by atoms with Crippen molar-refractivity contribution >= 4 is 0 Å². The van der Waals surface area contributed by atoms with E-state index in [0.29, 0.717) is 23.8 Å². The second kappa shape index (κ2) is 4.24. The van der Waals surface area contributed by atoms with E-state index in [-0.39, 0.29) is 16.9 Å². The molecule has 0 bridgehead atoms. The van der Waals surface area contributed by atoms with E-state index in [1.54, 1.807) is 6.07 Å². The van der Waals surface area contributed by atoms with Crippen molar-refractivity contribution in [1.29, 1.82) is 0 Å². The van der Waals surface area contributed by atoms with E-state index < -0.39 is 0 Å². The van der Waals surface area contributed by atoms with Crippen molar-refractivity contribution in [3.05, 3.63) is 24.1 Å². The zero-order valence-electron chi connectivity index (χ0n) is 10.3. The molecule has 1 aromatic carbocycles. The predicted octanol–water partition coefficient (Wildman–Crippen LogP) is 1.53. The quantitative estimate of drug-likeness (QED) is 0.723. The first-order chi connectivity index (χ1) is 9.14. The highest BCUT2D eigenvalue weighted by Crippen LogP contribution is 2.42. The van der Waals surface area contributed by atoms with E-state index in [0.717, 1.165) is 19.3 Å². The molecule has 4 N–H and O–H groups in total. The normalized spacial score (nSPS) is 17.1. The minimum Gasteiger partial charge on any atom is -0.504 e. The molecule has 0 radical (unpaired) electrons. The number of hydrogen-bond acceptors (Lipinski definition) is 6. The van der Waals surface area contributed by atoms with Crippen LogP contribution in [0.4, 0.5) is 0 Å². The smallest absolute Gasteiger partial charge is 0.234 e. The highest BCUT2D eigenvalue weighted by molar-refractivity contribution is 5.60. The van der Waals surface area contributed by atoms with Crippen molar-refractivity contribution in [3.8, 4) is 22.9 Å². The monoisotopic (exact) mass is 261 g/mol. The molecule has 1 aliphatic rings. The molecule has 6 nitrogen and oxygen atoms in total. The van der Waals surface area contributed by atoms with Gasteiger partial charge in [0.1, 0.15) is 0 Å². The molecule has 0 aliphatic heterocycles. The second-order valence-corrected chi connectivity index (χ2v) is 4.96. The van der Waals surface area contributed by atoms with E-state index in [9.17, 15) is 10.2 Å². The van der Waals surface area contributed by atoms with Crippen LogP contribution < -0.4 is 5.73 Å². The predicted molar refractivity (Wildman–Crippen MR) is 67.6 cm³/mol. The summed E-state index contributed by atoms with van der Waals surface area (Å²) < 4.78 is 5.30. The molecular weight excluding hydrogens is 246 g/mol. The third-order valence-electron chi connectivity index (χ3n) is 3.81. The van der Waals surface area contributed by atoms with Gasteiger partial charge in [0.05, 0.1) is 5.41 Å². The summed E-state index contributed by atoms with van der Waals surface area (Å²) in [6.07, 6.45) is 3.05. The first-order valence-electron chi connectivity index (χ1n) is 6.21. The topological polar surface area (TPSA) is 105 Å². The van der Waals surface area contributed by atoms with Crippen LogP contribution >= 0.6 is 0 Å². The first kappa shape index (κ1) is 12.0. The summed E-state index contributed by atoms with van der Waals surface area (Å²) in [5.41, 5.74) is 6.21. The summed E-state index contributed by atoms with van der Waals surface area (Å²) >= 11 is 0. The summed E-state index contributed by atoms with van der Waals surface area (Å²) in [6, 6.07) is 4.42. The van der Waals surface area contributed by atoms with Gasteiger partial charge in [-0.25, -0.2) is 0 Å². The molecule has 1 fully saturated rings. The van der Waals surface area contributed by atoms with Gasteiger partial charge in [0.25, 0.3) is 0 Å². The van der Waals surface area contributed by atoms with Gasteiger partial charge in [-0.2, -0.15) is 4.98 Å². The van der Waals surface area contributed by atoms with E-state index in [4.69, 9.17) is 10.3 Å². The molecule has 0 unspecified atom stereocenters. The Balaban J connectivity index is 1.94. The summed E-state index contributed by atoms with van der Waals surface area (Å²) in [5, 5.41) is 22.7. The molecule has 0 atom stereocenters. The third kappa shape index (κ3) is 1.84. The molecule has 0 amide bonds. The Hall–Kier alpha value is -2.08. The minimum atomic E-state index is -0.207. The maximum absolute atomic E-state index is 9.48. The van der Waals surface area contributed by atoms with Crippen LogP contribution in [0.25, 0.3) is 11.4 Å². The fourth-order valence-electron chi connectivity index (χ4n) is 2.33. The summed E-state index contributed by atoms with van der Waals surface area (Å²) in [4.78, 5) is 4.37. The number of nitrogens with zero attached hydrogens (tertiary/aromatic N) is 2. The molecule has 1 aliphatic carbocycles. The highest BCUT2D eigenvalue weighted by Gasteiger charge is 2.42. The van der Waals surface area contributed by atoms with Gasteiger partial charge in [0, 0.05) is 12.1 Å². The fraction of sp³-hybridized carbons (Fsp3) is 0.385. The Morgan fingerprint density at radius 1 is 1.26 bits per heavy atom. The van der Waals surface area contributed by atoms with Gasteiger partial charge in [0.15, 0.2) is 11.5 Å². The number of phenolic OH excluding ortho intramolecular Hbond substituents is 2. The Morgan fingerprint density at radius 2 is 2.05 bits per heavy atom. The Bertz CT molecular complexity index is 599. The zero-order valence-corrected chi connectivity index (χ0v) is 10.3. The van der Waals surface area contributed by atoms with Crippen LogP contribution in [0, 0.1) is 0 Å². The molecule has 1 saturated carbocycles. The number of aromatic hydroxyl groups is 2. The van der Waals surface area contributed by atoms with Crippen LogP contribution in [0.3, 0.4) is 0 Å². The lowest BCUT2D eigenvalue weighted by atomic mass is 9.69. The van der Waals surface area contributed by atoms with Crippen molar-refractivity contribution in [2.75, 3.05) is 6.54 Å². The maximum atomic E-state index is 9.48. The largest absolute Gasteiger partial charge is 0.504 e. The average molecular weight is 261 g/mol. The van der Waals surface area contributed by atoms with Gasteiger partial charge < -0.3 is 20.5 Å². The van der Waals surface area contributed by atoms with Crippen LogP contribution in [0.15, 0.2) is 22.7 Å². The van der Waals surface area contributed by atoms with Crippen molar-refractivity contribution in [1.82, 2.24) is 10.1 Å². The minimum absolute atomic E-state index is 0.176. The molecule has 1 aromatic heterocycles. The third-order valence-corrected chi connectivity index (χ3v) is 3.81. The van der Waals surface area contributed by atoms with Gasteiger partial charge in [0.2, 0.25) is 11.7 Å². The molecule has 1 heterocycles. The van der Waals surface area contributed by atoms with Crippen LogP contribution in [0.1, 0.15) is 25.2 Å². The molecular formula is C13H15N3O3. The van der Waals surface area contributed by atoms with Crippen molar-refractivity contribution < 1.29 is 14.7 Å². The Morgan fingerprint density at radius 3 is 2.63 bits per heavy atom. The van der Waals surface area contributed by atoms with E-state index >= 15 is 0 Å². The number of aromatic nitrogens is 2. The van der Waals surface area contributed by atoms with Gasteiger partial charge >= 0.3 is 0 Å². The lowest BCUT2D eigenvalue weighted by molar-refractivity contribution is 0.182. The number of nitrogens with two attached hydrogens (primary N) is 1. The van der Waals surface area contributed by atoms with Crippen LogP contribution in [-0.4, -0.2) is 26.9 Å². The number of hydrogen-bond donors (Lipinski definition) is 3. The fourth-order valence-corrected chi connectivity index (χ4v) is 2.33. The van der Waals surface area contributed by atoms with Gasteiger partial charge in [-0.1, -0.05) is 11.6 Å². The molecule has 3 rings (SSSR count). The SMILES string of the molecule is NCC1(c2nc(-c3ccc(O)c(O)c3)no2)CCC1. The van der Waals surface area contributed by atoms with Crippen LogP contribution in [0.5, 0.6) is 11.5 Å². The van der Waals surface area contributed by atoms with Crippen molar-refractivity contribution in [3.63, 3.8) is 0 Å². The first-order valence-corrected chi connectivity index (χ1v) is 6.21.